The van der Waals surface area contributed by atoms with Gasteiger partial charge in [0.05, 0.1) is 19.7 Å². The molecule has 2 N–H and O–H groups in total. The zero-order chi connectivity index (χ0) is 50.8. The van der Waals surface area contributed by atoms with E-state index in [1.807, 2.05) is 37.3 Å². The zero-order valence-electron chi connectivity index (χ0n) is 43.2. The van der Waals surface area contributed by atoms with E-state index >= 15 is 0 Å². The minimum Gasteiger partial charge on any atom is -0.508 e. The van der Waals surface area contributed by atoms with Gasteiger partial charge in [-0.25, -0.2) is 0 Å². The second-order valence-corrected chi connectivity index (χ2v) is 20.3. The molecule has 0 bridgehead atoms. The van der Waals surface area contributed by atoms with Crippen molar-refractivity contribution in [3.8, 4) is 52.4 Å². The minimum absolute atomic E-state index is 0.176. The first-order valence-electron chi connectivity index (χ1n) is 26.7. The Morgan fingerprint density at radius 3 is 1.61 bits per heavy atom. The number of likely N-dealkylation sites (tertiary alicyclic amines) is 2. The summed E-state index contributed by atoms with van der Waals surface area (Å²) in [5, 5.41) is 20.2. The molecule has 0 amide bonds. The van der Waals surface area contributed by atoms with Crippen LogP contribution < -0.4 is 14.2 Å². The summed E-state index contributed by atoms with van der Waals surface area (Å²) in [6.07, 6.45) is 10.2. The lowest BCUT2D eigenvalue weighted by molar-refractivity contribution is -0.105. The molecule has 3 saturated heterocycles. The summed E-state index contributed by atoms with van der Waals surface area (Å²) in [7, 11) is 0. The smallest absolute Gasteiger partial charge is 0.199 e. The van der Waals surface area contributed by atoms with Crippen molar-refractivity contribution in [1.29, 1.82) is 0 Å². The van der Waals surface area contributed by atoms with E-state index < -0.39 is 0 Å². The molecule has 5 aliphatic heterocycles. The topological polar surface area (TPSA) is 83.9 Å². The number of fused-ring (bicyclic) bond motifs is 2. The molecule has 3 unspecified atom stereocenters. The molecule has 5 aliphatic rings. The minimum atomic E-state index is -0.339. The molecule has 74 heavy (non-hydrogen) atoms. The number of benzene rings is 6. The number of phenolic OH excluding ortho intramolecular Hbond substituents is 2. The summed E-state index contributed by atoms with van der Waals surface area (Å²) in [6.45, 7) is 13.4. The first-order valence-corrected chi connectivity index (χ1v) is 26.7. The van der Waals surface area contributed by atoms with Crippen LogP contribution in [-0.2, 0) is 4.74 Å². The van der Waals surface area contributed by atoms with E-state index in [0.29, 0.717) is 0 Å². The van der Waals surface area contributed by atoms with Gasteiger partial charge < -0.3 is 29.2 Å². The Balaban J connectivity index is 0.000000172. The Morgan fingerprint density at radius 2 is 1.05 bits per heavy atom. The Morgan fingerprint density at radius 1 is 0.527 bits per heavy atom. The van der Waals surface area contributed by atoms with Crippen molar-refractivity contribution in [2.45, 2.75) is 97.1 Å². The van der Waals surface area contributed by atoms with Crippen LogP contribution in [0.5, 0.6) is 28.7 Å². The number of hydrogen-bond acceptors (Lipinski definition) is 8. The van der Waals surface area contributed by atoms with Crippen LogP contribution in [0.2, 0.25) is 0 Å². The number of phenols is 2. The van der Waals surface area contributed by atoms with E-state index in [-0.39, 0.29) is 30.0 Å². The maximum atomic E-state index is 10.1. The molecule has 6 aromatic rings. The first kappa shape index (κ1) is 50.3. The monoisotopic (exact) mass is 985 g/mol. The summed E-state index contributed by atoms with van der Waals surface area (Å²) < 4.78 is 25.3. The van der Waals surface area contributed by atoms with Gasteiger partial charge in [0.2, 0.25) is 0 Å². The third kappa shape index (κ3) is 12.2. The third-order valence-electron chi connectivity index (χ3n) is 14.8. The zero-order valence-corrected chi connectivity index (χ0v) is 43.2. The molecule has 6 aromatic carbocycles. The maximum Gasteiger partial charge on any atom is 0.199 e. The van der Waals surface area contributed by atoms with Crippen molar-refractivity contribution in [2.75, 3.05) is 45.9 Å². The van der Waals surface area contributed by atoms with Crippen molar-refractivity contribution in [1.82, 2.24) is 9.80 Å². The van der Waals surface area contributed by atoms with Gasteiger partial charge in [0.15, 0.2) is 6.29 Å². The molecule has 0 spiro atoms. The molecule has 378 valence electrons. The molecular formula is C66H68N2O6. The van der Waals surface area contributed by atoms with Crippen LogP contribution in [0.25, 0.3) is 22.3 Å². The Kier molecular flexibility index (Phi) is 16.2. The Bertz CT molecular complexity index is 3110. The van der Waals surface area contributed by atoms with Gasteiger partial charge in [0, 0.05) is 39.8 Å². The molecule has 0 aliphatic carbocycles. The van der Waals surface area contributed by atoms with E-state index in [2.05, 4.69) is 120 Å². The van der Waals surface area contributed by atoms with Crippen LogP contribution in [0.1, 0.15) is 134 Å². The summed E-state index contributed by atoms with van der Waals surface area (Å²) in [6, 6.07) is 44.0. The second-order valence-electron chi connectivity index (χ2n) is 20.3. The molecule has 0 radical (unpaired) electrons. The highest BCUT2D eigenvalue weighted by Crippen LogP contribution is 2.49. The van der Waals surface area contributed by atoms with E-state index in [9.17, 15) is 10.2 Å². The number of piperidine rings is 2. The van der Waals surface area contributed by atoms with Gasteiger partial charge in [-0.15, -0.1) is 0 Å². The number of rotatable bonds is 8. The van der Waals surface area contributed by atoms with Gasteiger partial charge in [-0.1, -0.05) is 96.7 Å². The van der Waals surface area contributed by atoms with E-state index in [0.717, 1.165) is 131 Å². The lowest BCUT2D eigenvalue weighted by Gasteiger charge is -2.31. The van der Waals surface area contributed by atoms with Gasteiger partial charge in [-0.3, -0.25) is 9.80 Å². The number of nitrogens with zero attached hydrogens (tertiary/aromatic N) is 2. The predicted molar refractivity (Wildman–Crippen MR) is 297 cm³/mol. The third-order valence-corrected chi connectivity index (χ3v) is 14.8. The molecule has 0 aromatic heterocycles. The highest BCUT2D eigenvalue weighted by atomic mass is 16.7. The van der Waals surface area contributed by atoms with Gasteiger partial charge in [0.1, 0.15) is 41.0 Å². The van der Waals surface area contributed by atoms with Crippen molar-refractivity contribution >= 4 is 22.3 Å². The number of allylic oxidation sites excluding steroid dienone is 2. The quantitative estimate of drug-likeness (QED) is 0.146. The van der Waals surface area contributed by atoms with Gasteiger partial charge >= 0.3 is 0 Å². The van der Waals surface area contributed by atoms with Gasteiger partial charge in [-0.05, 0) is 198 Å². The van der Waals surface area contributed by atoms with E-state index in [1.54, 1.807) is 30.3 Å². The van der Waals surface area contributed by atoms with E-state index in [1.165, 1.54) is 62.8 Å². The van der Waals surface area contributed by atoms with Crippen LogP contribution in [0, 0.1) is 30.6 Å². The summed E-state index contributed by atoms with van der Waals surface area (Å²) in [4.78, 5) is 4.88. The van der Waals surface area contributed by atoms with Crippen molar-refractivity contribution in [3.05, 3.63) is 184 Å². The van der Waals surface area contributed by atoms with Crippen molar-refractivity contribution in [3.63, 3.8) is 0 Å². The highest BCUT2D eigenvalue weighted by molar-refractivity contribution is 5.97. The van der Waals surface area contributed by atoms with Crippen LogP contribution in [-0.4, -0.2) is 72.2 Å². The second kappa shape index (κ2) is 23.8. The van der Waals surface area contributed by atoms with Crippen LogP contribution in [0.15, 0.2) is 133 Å². The fourth-order valence-electron chi connectivity index (χ4n) is 10.8. The van der Waals surface area contributed by atoms with Crippen LogP contribution in [0.4, 0.5) is 0 Å². The molecule has 0 saturated carbocycles. The normalized spacial score (nSPS) is 19.7. The maximum absolute atomic E-state index is 10.1. The molecular weight excluding hydrogens is 917 g/mol. The number of aromatic hydroxyl groups is 2. The fraction of sp³-hybridized carbons (Fsp3) is 0.333. The molecule has 3 atom stereocenters. The average Bonchev–Trinajstić information content (AvgIpc) is 3.43. The Labute approximate surface area is 438 Å². The number of aryl methyl sites for hydroxylation is 1. The van der Waals surface area contributed by atoms with Gasteiger partial charge in [0.25, 0.3) is 0 Å². The standard InChI is InChI=1S/C36H39NO3.C30H29NO3/c1-26-14-19-33-32(24-26)27(2)35(30-11-8-12-31(25-30)39-34-13-4-7-23-38-34)36(40-33)29-17-15-28(16-18-29)10-9-22-37-20-5-3-6-21-37;1-21-27-20-26(33)14-15-28(27)34-30(29(21)24-8-5-9-25(32)19-24)23-12-10-22(11-13-23)7-6-18-31-16-3-2-4-17-31/h8,11-12,14-19,24-25,34,36H,3-7,13,20-23H2,1-2H3;5,8-15,19-20,30,32-33H,2-4,16-18H2,1H3. The lowest BCUT2D eigenvalue weighted by Crippen LogP contribution is -2.29. The Hall–Kier alpha value is -7.20. The van der Waals surface area contributed by atoms with Crippen LogP contribution in [0.3, 0.4) is 0 Å². The summed E-state index contributed by atoms with van der Waals surface area (Å²) in [5.74, 6) is 16.3. The molecule has 3 fully saturated rings. The lowest BCUT2D eigenvalue weighted by atomic mass is 9.85. The van der Waals surface area contributed by atoms with Crippen LogP contribution >= 0.6 is 0 Å². The summed E-state index contributed by atoms with van der Waals surface area (Å²) in [5.41, 5.74) is 13.7. The molecule has 8 nitrogen and oxygen atoms in total. The first-order chi connectivity index (χ1) is 36.2. The molecule has 8 heteroatoms. The molecule has 11 rings (SSSR count). The highest BCUT2D eigenvalue weighted by Gasteiger charge is 2.31. The summed E-state index contributed by atoms with van der Waals surface area (Å²) >= 11 is 0. The molecule has 5 heterocycles. The predicted octanol–water partition coefficient (Wildman–Crippen LogP) is 13.8. The number of hydrogen-bond donors (Lipinski definition) is 2. The number of ether oxygens (including phenoxy) is 4. The van der Waals surface area contributed by atoms with E-state index in [4.69, 9.17) is 18.9 Å². The van der Waals surface area contributed by atoms with Crippen molar-refractivity contribution < 1.29 is 29.2 Å². The SMILES string of the molecule is CC1=C(c2cccc(O)c2)C(c2ccc(C#CCN3CCCCC3)cc2)Oc2ccc(O)cc21.CC1=C(c2cccc(OC3CCCCO3)c2)C(c2ccc(C#CCN3CCCCC3)cc2)Oc2ccc(C)cc21. The largest absolute Gasteiger partial charge is 0.508 e. The average molecular weight is 985 g/mol. The van der Waals surface area contributed by atoms with Gasteiger partial charge in [-0.2, -0.15) is 0 Å². The fourth-order valence-corrected chi connectivity index (χ4v) is 10.8. The van der Waals surface area contributed by atoms with Crippen molar-refractivity contribution in [2.24, 2.45) is 0 Å².